The molecular weight excluding hydrogens is 396 g/mol. The van der Waals surface area contributed by atoms with Crippen LogP contribution in [-0.2, 0) is 14.8 Å². The Morgan fingerprint density at radius 1 is 1.24 bits per heavy atom. The molecule has 0 heterocycles. The third-order valence-electron chi connectivity index (χ3n) is 4.62. The Hall–Kier alpha value is -2.98. The number of carbonyl (C=O) groups is 1. The lowest BCUT2D eigenvalue weighted by molar-refractivity contribution is -0.384. The monoisotopic (exact) mass is 420 g/mol. The number of hydrogen-bond donors (Lipinski definition) is 2. The van der Waals surface area contributed by atoms with Crippen molar-refractivity contribution in [3.8, 4) is 0 Å². The van der Waals surface area contributed by atoms with E-state index in [0.717, 1.165) is 5.69 Å². The van der Waals surface area contributed by atoms with Crippen LogP contribution in [0.4, 0.5) is 11.4 Å². The SMILES string of the molecule is CC(c1cccc(S(N)(=O)=O)c1)N(C)C(=O)CCCNc1ccc([N+](=O)[O-])cc1. The summed E-state index contributed by atoms with van der Waals surface area (Å²) < 4.78 is 23.0. The summed E-state index contributed by atoms with van der Waals surface area (Å²) in [6.45, 7) is 2.35. The highest BCUT2D eigenvalue weighted by molar-refractivity contribution is 7.89. The summed E-state index contributed by atoms with van der Waals surface area (Å²) in [5.41, 5.74) is 1.44. The van der Waals surface area contributed by atoms with Gasteiger partial charge < -0.3 is 10.2 Å². The normalized spacial score (nSPS) is 12.2. The van der Waals surface area contributed by atoms with Gasteiger partial charge in [0.2, 0.25) is 15.9 Å². The maximum Gasteiger partial charge on any atom is 0.269 e. The zero-order valence-electron chi connectivity index (χ0n) is 16.2. The molecule has 2 aromatic carbocycles. The average molecular weight is 420 g/mol. The number of nitrogens with one attached hydrogen (secondary N) is 1. The number of non-ortho nitro benzene ring substituents is 1. The first-order chi connectivity index (χ1) is 13.6. The minimum absolute atomic E-state index is 0.00926. The van der Waals surface area contributed by atoms with E-state index in [2.05, 4.69) is 5.32 Å². The molecule has 156 valence electrons. The molecule has 9 nitrogen and oxygen atoms in total. The number of benzene rings is 2. The lowest BCUT2D eigenvalue weighted by Gasteiger charge is -2.26. The third-order valence-corrected chi connectivity index (χ3v) is 5.53. The first-order valence-electron chi connectivity index (χ1n) is 8.96. The molecule has 1 unspecified atom stereocenters. The van der Waals surface area contributed by atoms with Crippen LogP contribution in [0.1, 0.15) is 31.4 Å². The highest BCUT2D eigenvalue weighted by Crippen LogP contribution is 2.22. The molecule has 0 fully saturated rings. The number of carbonyl (C=O) groups excluding carboxylic acids is 1. The van der Waals surface area contributed by atoms with Crippen molar-refractivity contribution in [2.45, 2.75) is 30.7 Å². The van der Waals surface area contributed by atoms with E-state index in [9.17, 15) is 23.3 Å². The van der Waals surface area contributed by atoms with Crippen molar-refractivity contribution in [3.05, 3.63) is 64.2 Å². The number of rotatable bonds is 9. The van der Waals surface area contributed by atoms with Crippen molar-refractivity contribution in [2.24, 2.45) is 5.14 Å². The molecule has 0 saturated heterocycles. The summed E-state index contributed by atoms with van der Waals surface area (Å²) in [5.74, 6) is -0.0796. The number of nitrogens with zero attached hydrogens (tertiary/aromatic N) is 2. The van der Waals surface area contributed by atoms with Gasteiger partial charge in [0.05, 0.1) is 15.9 Å². The van der Waals surface area contributed by atoms with Gasteiger partial charge in [-0.15, -0.1) is 0 Å². The summed E-state index contributed by atoms with van der Waals surface area (Å²) in [4.78, 5) is 24.2. The van der Waals surface area contributed by atoms with Crippen molar-refractivity contribution < 1.29 is 18.1 Å². The highest BCUT2D eigenvalue weighted by atomic mass is 32.2. The zero-order chi connectivity index (χ0) is 21.6. The van der Waals surface area contributed by atoms with Gasteiger partial charge in [-0.3, -0.25) is 14.9 Å². The van der Waals surface area contributed by atoms with Crippen LogP contribution in [0.3, 0.4) is 0 Å². The minimum Gasteiger partial charge on any atom is -0.385 e. The fourth-order valence-corrected chi connectivity index (χ4v) is 3.31. The standard InChI is InChI=1S/C19H24N4O5S/c1-14(15-5-3-6-18(13-15)29(20,27)28)22(2)19(24)7-4-12-21-16-8-10-17(11-9-16)23(25)26/h3,5-6,8-11,13-14,21H,4,7,12H2,1-2H3,(H2,20,27,28). The molecule has 0 saturated carbocycles. The molecule has 29 heavy (non-hydrogen) atoms. The van der Waals surface area contributed by atoms with Gasteiger partial charge >= 0.3 is 0 Å². The van der Waals surface area contributed by atoms with Crippen LogP contribution in [-0.4, -0.2) is 37.7 Å². The van der Waals surface area contributed by atoms with Crippen LogP contribution in [0.25, 0.3) is 0 Å². The zero-order valence-corrected chi connectivity index (χ0v) is 17.1. The lowest BCUT2D eigenvalue weighted by Crippen LogP contribution is -2.30. The summed E-state index contributed by atoms with van der Waals surface area (Å²) in [6, 6.07) is 12.0. The number of sulfonamides is 1. The second-order valence-electron chi connectivity index (χ2n) is 6.63. The molecule has 0 aliphatic rings. The third kappa shape index (κ3) is 6.26. The lowest BCUT2D eigenvalue weighted by atomic mass is 10.1. The molecule has 0 spiro atoms. The van der Waals surface area contributed by atoms with Gasteiger partial charge in [0, 0.05) is 37.8 Å². The van der Waals surface area contributed by atoms with Gasteiger partial charge in [-0.1, -0.05) is 12.1 Å². The molecule has 0 aliphatic heterocycles. The smallest absolute Gasteiger partial charge is 0.269 e. The number of anilines is 1. The van der Waals surface area contributed by atoms with E-state index in [-0.39, 0.29) is 22.5 Å². The maximum atomic E-state index is 12.5. The van der Waals surface area contributed by atoms with Gasteiger partial charge in [0.25, 0.3) is 5.69 Å². The van der Waals surface area contributed by atoms with E-state index in [1.807, 2.05) is 6.92 Å². The second-order valence-corrected chi connectivity index (χ2v) is 8.19. The number of primary sulfonamides is 1. The molecule has 1 amide bonds. The molecule has 0 bridgehead atoms. The molecule has 0 aromatic heterocycles. The van der Waals surface area contributed by atoms with Crippen LogP contribution in [0.5, 0.6) is 0 Å². The number of amides is 1. The fraction of sp³-hybridized carbons (Fsp3) is 0.316. The van der Waals surface area contributed by atoms with Crippen molar-refractivity contribution in [1.29, 1.82) is 0 Å². The first kappa shape index (κ1) is 22.3. The highest BCUT2D eigenvalue weighted by Gasteiger charge is 2.18. The van der Waals surface area contributed by atoms with Crippen molar-refractivity contribution in [2.75, 3.05) is 18.9 Å². The Kier molecular flexibility index (Phi) is 7.29. The summed E-state index contributed by atoms with van der Waals surface area (Å²) in [6.07, 6.45) is 0.875. The second kappa shape index (κ2) is 9.48. The van der Waals surface area contributed by atoms with E-state index >= 15 is 0 Å². The van der Waals surface area contributed by atoms with Gasteiger partial charge in [0.15, 0.2) is 0 Å². The molecule has 2 rings (SSSR count). The fourth-order valence-electron chi connectivity index (χ4n) is 2.74. The van der Waals surface area contributed by atoms with Crippen LogP contribution in [0.15, 0.2) is 53.4 Å². The first-order valence-corrected chi connectivity index (χ1v) is 10.5. The van der Waals surface area contributed by atoms with Gasteiger partial charge in [-0.2, -0.15) is 0 Å². The van der Waals surface area contributed by atoms with Gasteiger partial charge in [-0.05, 0) is 43.2 Å². The largest absolute Gasteiger partial charge is 0.385 e. The Balaban J connectivity index is 1.86. The number of nitrogens with two attached hydrogens (primary N) is 1. The van der Waals surface area contributed by atoms with Gasteiger partial charge in [0.1, 0.15) is 0 Å². The van der Waals surface area contributed by atoms with Crippen molar-refractivity contribution in [1.82, 2.24) is 4.90 Å². The molecule has 1 atom stereocenters. The van der Waals surface area contributed by atoms with E-state index < -0.39 is 14.9 Å². The van der Waals surface area contributed by atoms with E-state index in [4.69, 9.17) is 5.14 Å². The molecule has 10 heteroatoms. The summed E-state index contributed by atoms with van der Waals surface area (Å²) in [7, 11) is -2.14. The minimum atomic E-state index is -3.81. The quantitative estimate of drug-likeness (QED) is 0.364. The Bertz CT molecular complexity index is 976. The van der Waals surface area contributed by atoms with Crippen molar-refractivity contribution in [3.63, 3.8) is 0 Å². The summed E-state index contributed by atoms with van der Waals surface area (Å²) >= 11 is 0. The Morgan fingerprint density at radius 3 is 2.48 bits per heavy atom. The Morgan fingerprint density at radius 2 is 1.90 bits per heavy atom. The average Bonchev–Trinajstić information content (AvgIpc) is 2.69. The number of nitro benzene ring substituents is 1. The van der Waals surface area contributed by atoms with Crippen molar-refractivity contribution >= 4 is 27.3 Å². The molecule has 3 N–H and O–H groups in total. The van der Waals surface area contributed by atoms with E-state index in [1.165, 1.54) is 24.3 Å². The van der Waals surface area contributed by atoms with Crippen LogP contribution in [0, 0.1) is 10.1 Å². The van der Waals surface area contributed by atoms with Crippen LogP contribution < -0.4 is 10.5 Å². The maximum absolute atomic E-state index is 12.5. The van der Waals surface area contributed by atoms with Gasteiger partial charge in [-0.25, -0.2) is 13.6 Å². The van der Waals surface area contributed by atoms with Crippen LogP contribution in [0.2, 0.25) is 0 Å². The predicted molar refractivity (Wildman–Crippen MR) is 110 cm³/mol. The topological polar surface area (TPSA) is 136 Å². The number of nitro groups is 1. The molecule has 2 aromatic rings. The van der Waals surface area contributed by atoms with Crippen LogP contribution >= 0.6 is 0 Å². The Labute approximate surface area is 169 Å². The predicted octanol–water partition coefficient (Wildman–Crippen LogP) is 2.65. The summed E-state index contributed by atoms with van der Waals surface area (Å²) in [5, 5.41) is 18.9. The number of hydrogen-bond acceptors (Lipinski definition) is 6. The molecule has 0 radical (unpaired) electrons. The van der Waals surface area contributed by atoms with E-state index in [1.54, 1.807) is 36.2 Å². The van der Waals surface area contributed by atoms with E-state index in [0.29, 0.717) is 24.9 Å². The molecule has 0 aliphatic carbocycles. The molecular formula is C19H24N4O5S.